The van der Waals surface area contributed by atoms with Crippen molar-refractivity contribution < 1.29 is 4.74 Å². The molecule has 0 aromatic rings. The molecule has 1 aliphatic rings. The van der Waals surface area contributed by atoms with Crippen molar-refractivity contribution in [3.05, 3.63) is 0 Å². The molecule has 0 radical (unpaired) electrons. The lowest BCUT2D eigenvalue weighted by Gasteiger charge is -2.07. The van der Waals surface area contributed by atoms with Gasteiger partial charge in [-0.15, -0.1) is 0 Å². The standard InChI is InChI=1S/C10H21NO/c1-9(2)12-8-4-3-7-11-10-5-6-10/h9-11H,3-8H2,1-2H3. The normalized spacial score (nSPS) is 17.2. The first kappa shape index (κ1) is 10.0. The Kier molecular flexibility index (Phi) is 4.62. The van der Waals surface area contributed by atoms with Crippen LogP contribution in [0.4, 0.5) is 0 Å². The van der Waals surface area contributed by atoms with E-state index in [9.17, 15) is 0 Å². The molecule has 0 aromatic heterocycles. The van der Waals surface area contributed by atoms with Crippen LogP contribution in [-0.4, -0.2) is 25.3 Å². The largest absolute Gasteiger partial charge is 0.379 e. The smallest absolute Gasteiger partial charge is 0.0518 e. The van der Waals surface area contributed by atoms with Crippen molar-refractivity contribution in [2.24, 2.45) is 0 Å². The van der Waals surface area contributed by atoms with Gasteiger partial charge in [-0.3, -0.25) is 0 Å². The highest BCUT2D eigenvalue weighted by Crippen LogP contribution is 2.18. The summed E-state index contributed by atoms with van der Waals surface area (Å²) < 4.78 is 5.44. The molecule has 0 amide bonds. The van der Waals surface area contributed by atoms with E-state index in [4.69, 9.17) is 4.74 Å². The van der Waals surface area contributed by atoms with E-state index in [0.29, 0.717) is 6.10 Å². The Hall–Kier alpha value is -0.0800. The van der Waals surface area contributed by atoms with E-state index in [1.165, 1.54) is 32.2 Å². The van der Waals surface area contributed by atoms with E-state index < -0.39 is 0 Å². The number of unbranched alkanes of at least 4 members (excludes halogenated alkanes) is 1. The van der Waals surface area contributed by atoms with Gasteiger partial charge in [0.05, 0.1) is 6.10 Å². The highest BCUT2D eigenvalue weighted by molar-refractivity contribution is 4.80. The van der Waals surface area contributed by atoms with Crippen LogP contribution in [0.5, 0.6) is 0 Å². The van der Waals surface area contributed by atoms with Crippen LogP contribution in [0.15, 0.2) is 0 Å². The summed E-state index contributed by atoms with van der Waals surface area (Å²) in [4.78, 5) is 0. The molecule has 1 saturated carbocycles. The second-order valence-electron chi connectivity index (χ2n) is 3.86. The van der Waals surface area contributed by atoms with E-state index in [1.807, 2.05) is 0 Å². The van der Waals surface area contributed by atoms with Gasteiger partial charge in [-0.25, -0.2) is 0 Å². The predicted octanol–water partition coefficient (Wildman–Crippen LogP) is 1.94. The first-order valence-electron chi connectivity index (χ1n) is 5.14. The Morgan fingerprint density at radius 1 is 1.33 bits per heavy atom. The maximum Gasteiger partial charge on any atom is 0.0518 e. The maximum atomic E-state index is 5.44. The molecule has 0 spiro atoms. The molecular formula is C10H21NO. The van der Waals surface area contributed by atoms with E-state index in [1.54, 1.807) is 0 Å². The fraction of sp³-hybridized carbons (Fsp3) is 1.00. The molecular weight excluding hydrogens is 150 g/mol. The first-order valence-corrected chi connectivity index (χ1v) is 5.14. The predicted molar refractivity (Wildman–Crippen MR) is 51.3 cm³/mol. The average molecular weight is 171 g/mol. The van der Waals surface area contributed by atoms with Crippen LogP contribution in [0.25, 0.3) is 0 Å². The number of hydrogen-bond acceptors (Lipinski definition) is 2. The minimum atomic E-state index is 0.390. The lowest BCUT2D eigenvalue weighted by molar-refractivity contribution is 0.0760. The Balaban J connectivity index is 1.70. The summed E-state index contributed by atoms with van der Waals surface area (Å²) in [5.74, 6) is 0. The van der Waals surface area contributed by atoms with E-state index in [-0.39, 0.29) is 0 Å². The lowest BCUT2D eigenvalue weighted by atomic mass is 10.3. The van der Waals surface area contributed by atoms with Gasteiger partial charge < -0.3 is 10.1 Å². The Morgan fingerprint density at radius 2 is 2.08 bits per heavy atom. The van der Waals surface area contributed by atoms with E-state index in [0.717, 1.165) is 12.6 Å². The Labute approximate surface area is 75.7 Å². The number of ether oxygens (including phenoxy) is 1. The summed E-state index contributed by atoms with van der Waals surface area (Å²) in [7, 11) is 0. The van der Waals surface area contributed by atoms with Gasteiger partial charge in [0.25, 0.3) is 0 Å². The zero-order valence-electron chi connectivity index (χ0n) is 8.31. The molecule has 0 heterocycles. The Morgan fingerprint density at radius 3 is 2.67 bits per heavy atom. The molecule has 1 N–H and O–H groups in total. The third kappa shape index (κ3) is 5.56. The van der Waals surface area contributed by atoms with Crippen LogP contribution in [0.2, 0.25) is 0 Å². The second kappa shape index (κ2) is 5.55. The number of rotatable bonds is 7. The SMILES string of the molecule is CC(C)OCCCCNC1CC1. The van der Waals surface area contributed by atoms with Crippen LogP contribution >= 0.6 is 0 Å². The molecule has 0 bridgehead atoms. The Bertz CT molecular complexity index is 104. The molecule has 2 heteroatoms. The van der Waals surface area contributed by atoms with Crippen LogP contribution in [0, 0.1) is 0 Å². The molecule has 0 unspecified atom stereocenters. The highest BCUT2D eigenvalue weighted by atomic mass is 16.5. The minimum absolute atomic E-state index is 0.390. The molecule has 72 valence electrons. The molecule has 1 rings (SSSR count). The molecule has 0 saturated heterocycles. The van der Waals surface area contributed by atoms with Crippen molar-refractivity contribution in [3.8, 4) is 0 Å². The van der Waals surface area contributed by atoms with Gasteiger partial charge in [-0.2, -0.15) is 0 Å². The summed E-state index contributed by atoms with van der Waals surface area (Å²) in [6, 6.07) is 0.857. The summed E-state index contributed by atoms with van der Waals surface area (Å²) in [5, 5.41) is 3.49. The molecule has 2 nitrogen and oxygen atoms in total. The molecule has 1 fully saturated rings. The van der Waals surface area contributed by atoms with Gasteiger partial charge in [-0.1, -0.05) is 0 Å². The van der Waals surface area contributed by atoms with E-state index >= 15 is 0 Å². The topological polar surface area (TPSA) is 21.3 Å². The van der Waals surface area contributed by atoms with Gasteiger partial charge >= 0.3 is 0 Å². The van der Waals surface area contributed by atoms with Crippen molar-refractivity contribution >= 4 is 0 Å². The van der Waals surface area contributed by atoms with Gasteiger partial charge in [-0.05, 0) is 46.1 Å². The van der Waals surface area contributed by atoms with Crippen molar-refractivity contribution in [3.63, 3.8) is 0 Å². The minimum Gasteiger partial charge on any atom is -0.379 e. The third-order valence-electron chi connectivity index (χ3n) is 2.03. The number of hydrogen-bond donors (Lipinski definition) is 1. The maximum absolute atomic E-state index is 5.44. The van der Waals surface area contributed by atoms with Gasteiger partial charge in [0.2, 0.25) is 0 Å². The van der Waals surface area contributed by atoms with Crippen LogP contribution in [0.3, 0.4) is 0 Å². The van der Waals surface area contributed by atoms with Crippen molar-refractivity contribution in [1.29, 1.82) is 0 Å². The van der Waals surface area contributed by atoms with Crippen LogP contribution in [0.1, 0.15) is 39.5 Å². The highest BCUT2D eigenvalue weighted by Gasteiger charge is 2.19. The van der Waals surface area contributed by atoms with Gasteiger partial charge in [0.15, 0.2) is 0 Å². The summed E-state index contributed by atoms with van der Waals surface area (Å²) in [5.41, 5.74) is 0. The monoisotopic (exact) mass is 171 g/mol. The fourth-order valence-electron chi connectivity index (χ4n) is 1.14. The zero-order valence-corrected chi connectivity index (χ0v) is 8.31. The first-order chi connectivity index (χ1) is 5.79. The van der Waals surface area contributed by atoms with E-state index in [2.05, 4.69) is 19.2 Å². The molecule has 12 heavy (non-hydrogen) atoms. The fourth-order valence-corrected chi connectivity index (χ4v) is 1.14. The summed E-state index contributed by atoms with van der Waals surface area (Å²) in [6.45, 7) is 6.26. The van der Waals surface area contributed by atoms with Gasteiger partial charge in [0, 0.05) is 12.6 Å². The molecule has 0 atom stereocenters. The molecule has 1 aliphatic carbocycles. The van der Waals surface area contributed by atoms with Crippen LogP contribution in [-0.2, 0) is 4.74 Å². The molecule has 0 aromatic carbocycles. The van der Waals surface area contributed by atoms with Crippen molar-refractivity contribution in [1.82, 2.24) is 5.32 Å². The van der Waals surface area contributed by atoms with Crippen molar-refractivity contribution in [2.75, 3.05) is 13.2 Å². The second-order valence-corrected chi connectivity index (χ2v) is 3.86. The summed E-state index contributed by atoms with van der Waals surface area (Å²) in [6.07, 6.45) is 5.62. The molecule has 0 aliphatic heterocycles. The quantitative estimate of drug-likeness (QED) is 0.591. The average Bonchev–Trinajstić information content (AvgIpc) is 2.79. The number of nitrogens with one attached hydrogen (secondary N) is 1. The summed E-state index contributed by atoms with van der Waals surface area (Å²) >= 11 is 0. The van der Waals surface area contributed by atoms with Crippen molar-refractivity contribution in [2.45, 2.75) is 51.7 Å². The lowest BCUT2D eigenvalue weighted by Crippen LogP contribution is -2.18. The van der Waals surface area contributed by atoms with Crippen LogP contribution < -0.4 is 5.32 Å². The zero-order chi connectivity index (χ0) is 8.81. The van der Waals surface area contributed by atoms with Gasteiger partial charge in [0.1, 0.15) is 0 Å². The third-order valence-corrected chi connectivity index (χ3v) is 2.03.